The Bertz CT molecular complexity index is 581. The SMILES string of the molecule is CCc1c(C)nc2c(Cl)cc(F)cc2c1NC. The standard InChI is InChI=1S/C13H14ClFN2/c1-4-9-7(2)17-13-10(12(9)16-3)5-8(15)6-11(13)14/h5-6H,4H2,1-3H3,(H,16,17). The Balaban J connectivity index is 2.93. The first-order chi connectivity index (χ1) is 8.08. The van der Waals surface area contributed by atoms with Gasteiger partial charge < -0.3 is 5.32 Å². The van der Waals surface area contributed by atoms with Gasteiger partial charge in [-0.3, -0.25) is 4.98 Å². The van der Waals surface area contributed by atoms with E-state index >= 15 is 0 Å². The first-order valence-corrected chi connectivity index (χ1v) is 5.92. The van der Waals surface area contributed by atoms with Crippen molar-refractivity contribution in [1.82, 2.24) is 4.98 Å². The molecule has 0 spiro atoms. The molecular formula is C13H14ClFN2. The highest BCUT2D eigenvalue weighted by molar-refractivity contribution is 6.35. The Labute approximate surface area is 105 Å². The van der Waals surface area contributed by atoms with Crippen LogP contribution in [0.3, 0.4) is 0 Å². The summed E-state index contributed by atoms with van der Waals surface area (Å²) in [6.07, 6.45) is 0.846. The summed E-state index contributed by atoms with van der Waals surface area (Å²) in [6.45, 7) is 4.00. The van der Waals surface area contributed by atoms with Crippen LogP contribution in [0.4, 0.5) is 10.1 Å². The third kappa shape index (κ3) is 1.95. The van der Waals surface area contributed by atoms with Gasteiger partial charge in [0.1, 0.15) is 5.82 Å². The van der Waals surface area contributed by atoms with Crippen LogP contribution in [0.2, 0.25) is 5.02 Å². The lowest BCUT2D eigenvalue weighted by Crippen LogP contribution is -2.02. The number of fused-ring (bicyclic) bond motifs is 1. The van der Waals surface area contributed by atoms with Gasteiger partial charge in [0.05, 0.1) is 10.5 Å². The number of rotatable bonds is 2. The maximum absolute atomic E-state index is 13.4. The molecule has 2 aromatic rings. The molecule has 90 valence electrons. The highest BCUT2D eigenvalue weighted by Crippen LogP contribution is 2.33. The number of nitrogens with one attached hydrogen (secondary N) is 1. The second-order valence-electron chi connectivity index (χ2n) is 3.94. The number of hydrogen-bond acceptors (Lipinski definition) is 2. The van der Waals surface area contributed by atoms with Gasteiger partial charge in [-0.2, -0.15) is 0 Å². The van der Waals surface area contributed by atoms with E-state index in [1.165, 1.54) is 12.1 Å². The summed E-state index contributed by atoms with van der Waals surface area (Å²) in [6, 6.07) is 2.76. The summed E-state index contributed by atoms with van der Waals surface area (Å²) in [5, 5.41) is 4.20. The molecule has 0 aliphatic carbocycles. The molecule has 0 unspecified atom stereocenters. The lowest BCUT2D eigenvalue weighted by atomic mass is 10.0. The topological polar surface area (TPSA) is 24.9 Å². The molecule has 1 heterocycles. The largest absolute Gasteiger partial charge is 0.387 e. The fraction of sp³-hybridized carbons (Fsp3) is 0.308. The van der Waals surface area contributed by atoms with Gasteiger partial charge in [-0.15, -0.1) is 0 Å². The van der Waals surface area contributed by atoms with Crippen molar-refractivity contribution in [2.24, 2.45) is 0 Å². The lowest BCUT2D eigenvalue weighted by Gasteiger charge is -2.14. The number of aromatic nitrogens is 1. The lowest BCUT2D eigenvalue weighted by molar-refractivity contribution is 0.629. The monoisotopic (exact) mass is 252 g/mol. The van der Waals surface area contributed by atoms with Crippen molar-refractivity contribution in [3.05, 3.63) is 34.2 Å². The Morgan fingerprint density at radius 1 is 1.41 bits per heavy atom. The summed E-state index contributed by atoms with van der Waals surface area (Å²) in [4.78, 5) is 4.46. The quantitative estimate of drug-likeness (QED) is 0.876. The predicted octanol–water partition coefficient (Wildman–Crippen LogP) is 3.94. The van der Waals surface area contributed by atoms with Gasteiger partial charge in [-0.05, 0) is 31.0 Å². The fourth-order valence-electron chi connectivity index (χ4n) is 2.17. The van der Waals surface area contributed by atoms with E-state index in [4.69, 9.17) is 11.6 Å². The minimum absolute atomic E-state index is 0.341. The molecular weight excluding hydrogens is 239 g/mol. The summed E-state index contributed by atoms with van der Waals surface area (Å²) in [5.74, 6) is -0.341. The molecule has 0 saturated heterocycles. The highest BCUT2D eigenvalue weighted by Gasteiger charge is 2.13. The van der Waals surface area contributed by atoms with Crippen molar-refractivity contribution in [3.63, 3.8) is 0 Å². The van der Waals surface area contributed by atoms with Crippen LogP contribution in [0.5, 0.6) is 0 Å². The Morgan fingerprint density at radius 3 is 2.71 bits per heavy atom. The van der Waals surface area contributed by atoms with Crippen LogP contribution in [-0.2, 0) is 6.42 Å². The van der Waals surface area contributed by atoms with Crippen LogP contribution in [-0.4, -0.2) is 12.0 Å². The molecule has 0 fully saturated rings. The third-order valence-corrected chi connectivity index (χ3v) is 3.21. The van der Waals surface area contributed by atoms with Crippen molar-refractivity contribution >= 4 is 28.2 Å². The van der Waals surface area contributed by atoms with Crippen LogP contribution in [0, 0.1) is 12.7 Å². The van der Waals surface area contributed by atoms with E-state index < -0.39 is 0 Å². The molecule has 2 nitrogen and oxygen atoms in total. The second-order valence-corrected chi connectivity index (χ2v) is 4.35. The summed E-state index contributed by atoms with van der Waals surface area (Å²) < 4.78 is 13.4. The Morgan fingerprint density at radius 2 is 2.12 bits per heavy atom. The van der Waals surface area contributed by atoms with E-state index in [9.17, 15) is 4.39 Å². The summed E-state index contributed by atoms with van der Waals surface area (Å²) in [7, 11) is 1.83. The van der Waals surface area contributed by atoms with E-state index in [1.54, 1.807) is 0 Å². The molecule has 4 heteroatoms. The zero-order valence-corrected chi connectivity index (χ0v) is 10.8. The van der Waals surface area contributed by atoms with E-state index in [1.807, 2.05) is 14.0 Å². The zero-order valence-electron chi connectivity index (χ0n) is 10.1. The van der Waals surface area contributed by atoms with Gasteiger partial charge in [0.2, 0.25) is 0 Å². The normalized spacial score (nSPS) is 10.9. The van der Waals surface area contributed by atoms with E-state index in [-0.39, 0.29) is 5.82 Å². The number of pyridine rings is 1. The first-order valence-electron chi connectivity index (χ1n) is 5.54. The fourth-order valence-corrected chi connectivity index (χ4v) is 2.42. The summed E-state index contributed by atoms with van der Waals surface area (Å²) in [5.41, 5.74) is 3.59. The van der Waals surface area contributed by atoms with Crippen molar-refractivity contribution in [2.45, 2.75) is 20.3 Å². The number of nitrogens with zero attached hydrogens (tertiary/aromatic N) is 1. The molecule has 0 bridgehead atoms. The van der Waals surface area contributed by atoms with E-state index in [0.29, 0.717) is 10.5 Å². The van der Waals surface area contributed by atoms with Crippen LogP contribution < -0.4 is 5.32 Å². The van der Waals surface area contributed by atoms with Crippen molar-refractivity contribution in [2.75, 3.05) is 12.4 Å². The maximum Gasteiger partial charge on any atom is 0.125 e. The van der Waals surface area contributed by atoms with Crippen LogP contribution in [0.15, 0.2) is 12.1 Å². The van der Waals surface area contributed by atoms with Crippen LogP contribution in [0.25, 0.3) is 10.9 Å². The van der Waals surface area contributed by atoms with E-state index in [2.05, 4.69) is 17.2 Å². The maximum atomic E-state index is 13.4. The summed E-state index contributed by atoms with van der Waals surface area (Å²) >= 11 is 6.03. The van der Waals surface area contributed by atoms with Crippen molar-refractivity contribution in [3.8, 4) is 0 Å². The number of anilines is 1. The number of halogens is 2. The third-order valence-electron chi connectivity index (χ3n) is 2.92. The van der Waals surface area contributed by atoms with Crippen molar-refractivity contribution < 1.29 is 4.39 Å². The second kappa shape index (κ2) is 4.49. The van der Waals surface area contributed by atoms with Gasteiger partial charge in [0.25, 0.3) is 0 Å². The van der Waals surface area contributed by atoms with Gasteiger partial charge in [-0.25, -0.2) is 4.39 Å². The highest BCUT2D eigenvalue weighted by atomic mass is 35.5. The predicted molar refractivity (Wildman–Crippen MR) is 70.4 cm³/mol. The minimum atomic E-state index is -0.341. The number of benzene rings is 1. The number of hydrogen-bond donors (Lipinski definition) is 1. The molecule has 0 amide bonds. The average molecular weight is 253 g/mol. The van der Waals surface area contributed by atoms with Crippen LogP contribution in [0.1, 0.15) is 18.2 Å². The molecule has 1 N–H and O–H groups in total. The molecule has 0 atom stereocenters. The van der Waals surface area contributed by atoms with Gasteiger partial charge in [0.15, 0.2) is 0 Å². The van der Waals surface area contributed by atoms with Gasteiger partial charge >= 0.3 is 0 Å². The number of aryl methyl sites for hydroxylation is 1. The Kier molecular flexibility index (Phi) is 3.20. The van der Waals surface area contributed by atoms with Gasteiger partial charge in [0, 0.05) is 23.8 Å². The zero-order chi connectivity index (χ0) is 12.6. The van der Waals surface area contributed by atoms with Crippen LogP contribution >= 0.6 is 11.6 Å². The average Bonchev–Trinajstić information content (AvgIpc) is 2.28. The molecule has 2 rings (SSSR count). The molecule has 0 aliphatic heterocycles. The molecule has 1 aromatic heterocycles. The Hall–Kier alpha value is -1.35. The molecule has 1 aromatic carbocycles. The molecule has 17 heavy (non-hydrogen) atoms. The minimum Gasteiger partial charge on any atom is -0.387 e. The molecule has 0 aliphatic rings. The van der Waals surface area contributed by atoms with Gasteiger partial charge in [-0.1, -0.05) is 18.5 Å². The first kappa shape index (κ1) is 12.1. The van der Waals surface area contributed by atoms with E-state index in [0.717, 1.165) is 28.8 Å². The smallest absolute Gasteiger partial charge is 0.125 e. The van der Waals surface area contributed by atoms with Crippen molar-refractivity contribution in [1.29, 1.82) is 0 Å². The molecule has 0 radical (unpaired) electrons. The molecule has 0 saturated carbocycles.